The largest absolute Gasteiger partial charge is 0.386 e. The molecule has 1 N–H and O–H groups in total. The van der Waals surface area contributed by atoms with E-state index in [2.05, 4.69) is 0 Å². The Labute approximate surface area is 106 Å². The quantitative estimate of drug-likeness (QED) is 0.657. The summed E-state index contributed by atoms with van der Waals surface area (Å²) in [6, 6.07) is 5.07. The van der Waals surface area contributed by atoms with Crippen LogP contribution in [0.5, 0.6) is 0 Å². The van der Waals surface area contributed by atoms with E-state index in [1.54, 1.807) is 13.0 Å². The Morgan fingerprint density at radius 1 is 1.50 bits per heavy atom. The second kappa shape index (κ2) is 4.57. The van der Waals surface area contributed by atoms with Crippen molar-refractivity contribution in [3.05, 3.63) is 33.9 Å². The first-order valence-electron chi connectivity index (χ1n) is 6.18. The van der Waals surface area contributed by atoms with Gasteiger partial charge in [-0.15, -0.1) is 0 Å². The monoisotopic (exact) mass is 250 g/mol. The number of hydrogen-bond acceptors (Lipinski definition) is 4. The Morgan fingerprint density at radius 2 is 2.17 bits per heavy atom. The number of aliphatic hydroxyl groups is 1. The van der Waals surface area contributed by atoms with E-state index in [9.17, 15) is 15.2 Å². The standard InChI is InChI=1S/C13H18N2O3/c1-3-7-13(16)8-14(9-13)11-5-4-6-12(10(11)2)15(17)18/h4-6,16H,3,7-9H2,1-2H3. The van der Waals surface area contributed by atoms with Gasteiger partial charge in [-0.3, -0.25) is 10.1 Å². The van der Waals surface area contributed by atoms with Crippen molar-refractivity contribution in [2.24, 2.45) is 0 Å². The highest BCUT2D eigenvalue weighted by atomic mass is 16.6. The second-order valence-electron chi connectivity index (χ2n) is 5.01. The van der Waals surface area contributed by atoms with Crippen LogP contribution in [0, 0.1) is 17.0 Å². The van der Waals surface area contributed by atoms with E-state index in [0.717, 1.165) is 18.5 Å². The van der Waals surface area contributed by atoms with Crippen LogP contribution in [-0.4, -0.2) is 28.7 Å². The zero-order valence-corrected chi connectivity index (χ0v) is 10.7. The molecule has 0 atom stereocenters. The molecule has 1 aliphatic rings. The number of hydrogen-bond donors (Lipinski definition) is 1. The van der Waals surface area contributed by atoms with Gasteiger partial charge in [0.15, 0.2) is 0 Å². The van der Waals surface area contributed by atoms with E-state index in [1.165, 1.54) is 6.07 Å². The molecule has 18 heavy (non-hydrogen) atoms. The molecule has 1 fully saturated rings. The summed E-state index contributed by atoms with van der Waals surface area (Å²) in [5, 5.41) is 21.0. The van der Waals surface area contributed by atoms with Crippen LogP contribution in [0.2, 0.25) is 0 Å². The molecule has 0 radical (unpaired) electrons. The van der Waals surface area contributed by atoms with Gasteiger partial charge < -0.3 is 10.0 Å². The van der Waals surface area contributed by atoms with Gasteiger partial charge in [0.05, 0.1) is 16.1 Å². The van der Waals surface area contributed by atoms with Gasteiger partial charge in [-0.1, -0.05) is 19.4 Å². The molecule has 5 heteroatoms. The molecule has 0 amide bonds. The summed E-state index contributed by atoms with van der Waals surface area (Å²) in [6.07, 6.45) is 1.72. The molecule has 0 aromatic heterocycles. The summed E-state index contributed by atoms with van der Waals surface area (Å²) < 4.78 is 0. The Bertz CT molecular complexity index is 467. The molecule has 0 bridgehead atoms. The number of nitrogens with zero attached hydrogens (tertiary/aromatic N) is 2. The molecule has 1 heterocycles. The van der Waals surface area contributed by atoms with Gasteiger partial charge in [0.2, 0.25) is 0 Å². The molecule has 5 nitrogen and oxygen atoms in total. The van der Waals surface area contributed by atoms with E-state index in [1.807, 2.05) is 17.9 Å². The van der Waals surface area contributed by atoms with Crippen molar-refractivity contribution in [3.8, 4) is 0 Å². The van der Waals surface area contributed by atoms with E-state index in [4.69, 9.17) is 0 Å². The molecule has 2 rings (SSSR count). The maximum absolute atomic E-state index is 10.9. The van der Waals surface area contributed by atoms with Gasteiger partial charge in [0.25, 0.3) is 5.69 Å². The lowest BCUT2D eigenvalue weighted by molar-refractivity contribution is -0.385. The SMILES string of the molecule is CCCC1(O)CN(c2cccc([N+](=O)[O-])c2C)C1. The molecule has 0 saturated carbocycles. The van der Waals surface area contributed by atoms with E-state index in [0.29, 0.717) is 18.7 Å². The van der Waals surface area contributed by atoms with Crippen molar-refractivity contribution in [1.82, 2.24) is 0 Å². The number of anilines is 1. The predicted molar refractivity (Wildman–Crippen MR) is 69.9 cm³/mol. The number of nitro groups is 1. The Hall–Kier alpha value is -1.62. The first-order valence-corrected chi connectivity index (χ1v) is 6.18. The van der Waals surface area contributed by atoms with Crippen LogP contribution in [0.25, 0.3) is 0 Å². The van der Waals surface area contributed by atoms with Crippen LogP contribution in [-0.2, 0) is 0 Å². The molecule has 1 aliphatic heterocycles. The summed E-state index contributed by atoms with van der Waals surface area (Å²) in [7, 11) is 0. The highest BCUT2D eigenvalue weighted by Gasteiger charge is 2.41. The van der Waals surface area contributed by atoms with Crippen molar-refractivity contribution >= 4 is 11.4 Å². The minimum Gasteiger partial charge on any atom is -0.386 e. The minimum absolute atomic E-state index is 0.137. The smallest absolute Gasteiger partial charge is 0.274 e. The minimum atomic E-state index is -0.619. The lowest BCUT2D eigenvalue weighted by atomic mass is 9.88. The van der Waals surface area contributed by atoms with Crippen LogP contribution in [0.15, 0.2) is 18.2 Å². The van der Waals surface area contributed by atoms with Crippen LogP contribution < -0.4 is 4.90 Å². The van der Waals surface area contributed by atoms with E-state index in [-0.39, 0.29) is 10.6 Å². The van der Waals surface area contributed by atoms with Gasteiger partial charge in [0, 0.05) is 24.8 Å². The van der Waals surface area contributed by atoms with E-state index < -0.39 is 5.60 Å². The topological polar surface area (TPSA) is 66.6 Å². The summed E-state index contributed by atoms with van der Waals surface area (Å²) >= 11 is 0. The van der Waals surface area contributed by atoms with Gasteiger partial charge >= 0.3 is 0 Å². The average Bonchev–Trinajstić information content (AvgIpc) is 2.26. The molecule has 98 valence electrons. The molecule has 0 unspecified atom stereocenters. The zero-order chi connectivity index (χ0) is 13.3. The maximum Gasteiger partial charge on any atom is 0.274 e. The molecular formula is C13H18N2O3. The van der Waals surface area contributed by atoms with Crippen LogP contribution in [0.1, 0.15) is 25.3 Å². The van der Waals surface area contributed by atoms with Gasteiger partial charge in [-0.25, -0.2) is 0 Å². The van der Waals surface area contributed by atoms with Crippen molar-refractivity contribution in [1.29, 1.82) is 0 Å². The first-order chi connectivity index (χ1) is 8.47. The van der Waals surface area contributed by atoms with Gasteiger partial charge in [-0.05, 0) is 19.4 Å². The summed E-state index contributed by atoms with van der Waals surface area (Å²) in [5.74, 6) is 0. The Kier molecular flexibility index (Phi) is 3.26. The molecular weight excluding hydrogens is 232 g/mol. The zero-order valence-electron chi connectivity index (χ0n) is 10.7. The lowest BCUT2D eigenvalue weighted by Gasteiger charge is -2.48. The first kappa shape index (κ1) is 12.8. The Balaban J connectivity index is 2.17. The van der Waals surface area contributed by atoms with Crippen LogP contribution in [0.3, 0.4) is 0 Å². The van der Waals surface area contributed by atoms with Gasteiger partial charge in [0.1, 0.15) is 0 Å². The Morgan fingerprint density at radius 3 is 2.72 bits per heavy atom. The fourth-order valence-corrected chi connectivity index (χ4v) is 2.61. The highest BCUT2D eigenvalue weighted by molar-refractivity contribution is 5.63. The predicted octanol–water partition coefficient (Wildman–Crippen LogP) is 2.25. The third-order valence-corrected chi connectivity index (χ3v) is 3.50. The average molecular weight is 250 g/mol. The van der Waals surface area contributed by atoms with Crippen molar-refractivity contribution in [3.63, 3.8) is 0 Å². The van der Waals surface area contributed by atoms with Crippen molar-refractivity contribution in [2.45, 2.75) is 32.3 Å². The molecule has 0 spiro atoms. The fraction of sp³-hybridized carbons (Fsp3) is 0.538. The van der Waals surface area contributed by atoms with Crippen molar-refractivity contribution < 1.29 is 10.0 Å². The molecule has 1 aromatic rings. The van der Waals surface area contributed by atoms with Crippen LogP contribution >= 0.6 is 0 Å². The summed E-state index contributed by atoms with van der Waals surface area (Å²) in [6.45, 7) is 4.91. The third-order valence-electron chi connectivity index (χ3n) is 3.50. The normalized spacial score (nSPS) is 17.4. The highest BCUT2D eigenvalue weighted by Crippen LogP contribution is 2.35. The number of rotatable bonds is 4. The number of benzene rings is 1. The molecule has 1 saturated heterocycles. The number of β-amino-alcohol motifs (C(OH)–C–C–N with tert-alkyl or cyclic N) is 1. The summed E-state index contributed by atoms with van der Waals surface area (Å²) in [5.41, 5.74) is 1.04. The second-order valence-corrected chi connectivity index (χ2v) is 5.01. The molecule has 1 aromatic carbocycles. The maximum atomic E-state index is 10.9. The lowest BCUT2D eigenvalue weighted by Crippen LogP contribution is -2.62. The fourth-order valence-electron chi connectivity index (χ4n) is 2.61. The van der Waals surface area contributed by atoms with Crippen molar-refractivity contribution in [2.75, 3.05) is 18.0 Å². The van der Waals surface area contributed by atoms with Crippen LogP contribution in [0.4, 0.5) is 11.4 Å². The number of nitro benzene ring substituents is 1. The summed E-state index contributed by atoms with van der Waals surface area (Å²) in [4.78, 5) is 12.5. The van der Waals surface area contributed by atoms with Gasteiger partial charge in [-0.2, -0.15) is 0 Å². The van der Waals surface area contributed by atoms with E-state index >= 15 is 0 Å². The molecule has 0 aliphatic carbocycles. The third kappa shape index (κ3) is 2.18.